The van der Waals surface area contributed by atoms with E-state index in [0.717, 1.165) is 50.8 Å². The van der Waals surface area contributed by atoms with Gasteiger partial charge in [0, 0.05) is 38.5 Å². The van der Waals surface area contributed by atoms with Crippen LogP contribution in [0.5, 0.6) is 11.5 Å². The smallest absolute Gasteiger partial charge is 0.269 e. The zero-order valence-corrected chi connectivity index (χ0v) is 34.0. The molecule has 54 heavy (non-hydrogen) atoms. The molecule has 1 aliphatic carbocycles. The first-order chi connectivity index (χ1) is 25.4. The van der Waals surface area contributed by atoms with Crippen molar-refractivity contribution in [2.45, 2.75) is 77.6 Å². The number of hydrogen-bond donors (Lipinski definition) is 0. The Kier molecular flexibility index (Phi) is 8.69. The molecule has 0 aliphatic heterocycles. The van der Waals surface area contributed by atoms with Gasteiger partial charge in [-0.1, -0.05) is 109 Å². The average molecular weight is 889 g/mol. The minimum Gasteiger partial charge on any atom is -0.522 e. The molecule has 0 unspecified atom stereocenters. The molecule has 274 valence electrons. The van der Waals surface area contributed by atoms with Gasteiger partial charge in [0.25, 0.3) is 6.33 Å². The maximum absolute atomic E-state index is 6.50. The van der Waals surface area contributed by atoms with E-state index in [1.807, 2.05) is 29.0 Å². The molecule has 0 atom stereocenters. The Morgan fingerprint density at radius 3 is 2.20 bits per heavy atom. The quantitative estimate of drug-likeness (QED) is 0.128. The van der Waals surface area contributed by atoms with Crippen LogP contribution in [0.3, 0.4) is 0 Å². The fourth-order valence-corrected chi connectivity index (χ4v) is 7.95. The van der Waals surface area contributed by atoms with Gasteiger partial charge in [-0.2, -0.15) is 18.2 Å². The van der Waals surface area contributed by atoms with Crippen LogP contribution in [-0.4, -0.2) is 19.1 Å². The summed E-state index contributed by atoms with van der Waals surface area (Å²) in [6.45, 7) is 16.1. The number of benzene rings is 4. The Morgan fingerprint density at radius 1 is 0.704 bits per heavy atom. The number of pyridine rings is 2. The normalized spacial score (nSPS) is 14.9. The van der Waals surface area contributed by atoms with Crippen LogP contribution >= 0.6 is 0 Å². The van der Waals surface area contributed by atoms with Gasteiger partial charge >= 0.3 is 0 Å². The van der Waals surface area contributed by atoms with Gasteiger partial charge in [0.15, 0.2) is 0 Å². The van der Waals surface area contributed by atoms with E-state index >= 15 is 0 Å². The summed E-state index contributed by atoms with van der Waals surface area (Å²) >= 11 is 0. The van der Waals surface area contributed by atoms with Crippen molar-refractivity contribution in [3.8, 4) is 28.8 Å². The van der Waals surface area contributed by atoms with Gasteiger partial charge in [-0.25, -0.2) is 4.98 Å². The molecule has 0 spiro atoms. The molecule has 0 amide bonds. The molecule has 6 nitrogen and oxygen atoms in total. The first kappa shape index (κ1) is 35.9. The van der Waals surface area contributed by atoms with Gasteiger partial charge in [0.05, 0.1) is 22.5 Å². The van der Waals surface area contributed by atoms with Crippen LogP contribution in [0.2, 0.25) is 0 Å². The van der Waals surface area contributed by atoms with Crippen molar-refractivity contribution in [1.82, 2.24) is 19.1 Å². The number of nitrogens with zero attached hydrogens (tertiary/aromatic N) is 5. The molecule has 4 aromatic heterocycles. The van der Waals surface area contributed by atoms with E-state index in [-0.39, 0.29) is 37.3 Å². The third-order valence-electron chi connectivity index (χ3n) is 11.1. The molecule has 0 bridgehead atoms. The Labute approximate surface area is 331 Å². The average Bonchev–Trinajstić information content (AvgIpc) is 3.69. The van der Waals surface area contributed by atoms with Crippen molar-refractivity contribution < 1.29 is 30.4 Å². The number of aromatic nitrogens is 5. The first-order valence-electron chi connectivity index (χ1n) is 18.5. The first-order valence-corrected chi connectivity index (χ1v) is 18.5. The zero-order valence-electron chi connectivity index (χ0n) is 31.8. The molecule has 1 aliphatic rings. The van der Waals surface area contributed by atoms with Crippen LogP contribution < -0.4 is 9.30 Å². The zero-order chi connectivity index (χ0) is 36.7. The summed E-state index contributed by atoms with van der Waals surface area (Å²) in [7, 11) is 0. The van der Waals surface area contributed by atoms with Gasteiger partial charge in [-0.3, -0.25) is 14.1 Å². The Morgan fingerprint density at radius 2 is 1.41 bits per heavy atom. The van der Waals surface area contributed by atoms with Crippen LogP contribution in [0.1, 0.15) is 78.0 Å². The number of imidazole rings is 1. The van der Waals surface area contributed by atoms with E-state index in [4.69, 9.17) is 14.7 Å². The van der Waals surface area contributed by atoms with Crippen LogP contribution in [0.25, 0.3) is 50.2 Å². The van der Waals surface area contributed by atoms with E-state index in [2.05, 4.69) is 155 Å². The van der Waals surface area contributed by atoms with Crippen LogP contribution in [-0.2, 0) is 37.3 Å². The Balaban J connectivity index is 0.00000413. The molecular weight excluding hydrogens is 846 g/mol. The van der Waals surface area contributed by atoms with Gasteiger partial charge in [0.1, 0.15) is 5.82 Å². The number of rotatable bonds is 5. The molecule has 9 rings (SSSR count). The monoisotopic (exact) mass is 888 g/mol. The van der Waals surface area contributed by atoms with Crippen LogP contribution in [0.4, 0.5) is 0 Å². The van der Waals surface area contributed by atoms with Crippen molar-refractivity contribution in [1.29, 1.82) is 0 Å². The number of hydrogen-bond acceptors (Lipinski definition) is 3. The number of para-hydroxylation sites is 3. The van der Waals surface area contributed by atoms with E-state index in [0.29, 0.717) is 17.3 Å². The summed E-state index contributed by atoms with van der Waals surface area (Å²) in [5.74, 6) is 2.56. The molecule has 0 saturated carbocycles. The summed E-state index contributed by atoms with van der Waals surface area (Å²) < 4.78 is 12.8. The predicted molar refractivity (Wildman–Crippen MR) is 212 cm³/mol. The molecule has 0 N–H and O–H groups in total. The maximum Gasteiger partial charge on any atom is 0.269 e. The molecule has 4 aromatic carbocycles. The van der Waals surface area contributed by atoms with Crippen molar-refractivity contribution in [3.05, 3.63) is 145 Å². The second-order valence-corrected chi connectivity index (χ2v) is 16.7. The molecule has 0 fully saturated rings. The van der Waals surface area contributed by atoms with Gasteiger partial charge < -0.3 is 9.30 Å². The van der Waals surface area contributed by atoms with Crippen molar-refractivity contribution >= 4 is 32.8 Å². The Bertz CT molecular complexity index is 2710. The van der Waals surface area contributed by atoms with E-state index in [9.17, 15) is 0 Å². The second-order valence-electron chi connectivity index (χ2n) is 16.7. The summed E-state index contributed by atoms with van der Waals surface area (Å²) in [5, 5.41) is 2.22. The molecular formula is C47H43N5OPt-2. The summed E-state index contributed by atoms with van der Waals surface area (Å²) in [6.07, 6.45) is 9.61. The van der Waals surface area contributed by atoms with Crippen molar-refractivity contribution in [2.75, 3.05) is 0 Å². The second kappa shape index (κ2) is 13.1. The molecule has 8 aromatic rings. The molecule has 4 heterocycles. The van der Waals surface area contributed by atoms with Crippen LogP contribution in [0, 0.1) is 18.5 Å². The van der Waals surface area contributed by atoms with Crippen LogP contribution in [0.15, 0.2) is 109 Å². The largest absolute Gasteiger partial charge is 0.522 e. The molecule has 0 saturated heterocycles. The third kappa shape index (κ3) is 6.05. The van der Waals surface area contributed by atoms with Crippen molar-refractivity contribution in [3.63, 3.8) is 0 Å². The molecule has 7 heteroatoms. The van der Waals surface area contributed by atoms with Gasteiger partial charge in [-0.05, 0) is 87.2 Å². The SMILES string of the molecule is CC(C)(C)c1ccnc(-n2c3[c-]c(Oc4[c-]c(-n5[c-][n+](-c6ccc7c(c6)C(C)(C)CCC7(C)C)c6ccccc65)ncc4)ccc3c3ccccc32)c1.[Pt]. The van der Waals surface area contributed by atoms with E-state index in [1.165, 1.54) is 23.1 Å². The predicted octanol–water partition coefficient (Wildman–Crippen LogP) is 10.6. The summed E-state index contributed by atoms with van der Waals surface area (Å²) in [6, 6.07) is 40.9. The summed E-state index contributed by atoms with van der Waals surface area (Å²) in [5.41, 5.74) is 9.37. The van der Waals surface area contributed by atoms with E-state index in [1.54, 1.807) is 6.20 Å². The third-order valence-corrected chi connectivity index (χ3v) is 11.1. The van der Waals surface area contributed by atoms with Crippen molar-refractivity contribution in [2.24, 2.45) is 0 Å². The topological polar surface area (TPSA) is 48.8 Å². The minimum absolute atomic E-state index is 0. The summed E-state index contributed by atoms with van der Waals surface area (Å²) in [4.78, 5) is 9.56. The fraction of sp³-hybridized carbons (Fsp3) is 0.255. The maximum atomic E-state index is 6.50. The minimum atomic E-state index is -0.0142. The molecule has 0 radical (unpaired) electrons. The number of ether oxygens (including phenoxy) is 1. The fourth-order valence-electron chi connectivity index (χ4n) is 7.95. The Hall–Kier alpha value is -5.06. The van der Waals surface area contributed by atoms with Gasteiger partial charge in [-0.15, -0.1) is 17.5 Å². The standard InChI is InChI=1S/C47H43N5O.Pt/c1-45(2,3)31-20-24-49-44(26-31)52-39-13-9-8-12-35(39)36-18-17-33(28-42(36)52)53-34-21-25-48-43(29-34)51-30-50(40-14-10-11-15-41(40)51)32-16-19-37-38(27-32)47(6,7)23-22-46(37,4)5;/h8-21,24-27H,22-23H2,1-7H3;/q-2;. The van der Waals surface area contributed by atoms with Gasteiger partial charge in [0.2, 0.25) is 0 Å². The number of fused-ring (bicyclic) bond motifs is 5. The van der Waals surface area contributed by atoms with E-state index < -0.39 is 0 Å².